The fourth-order valence-electron chi connectivity index (χ4n) is 17.1. The van der Waals surface area contributed by atoms with Crippen molar-refractivity contribution in [1.82, 2.24) is 117 Å². The van der Waals surface area contributed by atoms with E-state index in [1.807, 2.05) is 0 Å². The van der Waals surface area contributed by atoms with E-state index in [1.54, 1.807) is 0 Å². The summed E-state index contributed by atoms with van der Waals surface area (Å²) in [6.07, 6.45) is -46.9. The lowest BCUT2D eigenvalue weighted by Crippen LogP contribution is -2.39. The van der Waals surface area contributed by atoms with Crippen molar-refractivity contribution in [1.29, 1.82) is 0 Å². The Bertz CT molecular complexity index is 7510. The second-order valence-corrected chi connectivity index (χ2v) is 41.7. The zero-order chi connectivity index (χ0) is 105. The lowest BCUT2D eigenvalue weighted by molar-refractivity contribution is -0.0659. The summed E-state index contributed by atoms with van der Waals surface area (Å²) in [6, 6.07) is 2.18. The van der Waals surface area contributed by atoms with E-state index in [9.17, 15) is 117 Å². The van der Waals surface area contributed by atoms with Crippen molar-refractivity contribution in [3.8, 4) is 0 Å². The normalized spacial score (nSPS) is 32.4. The highest BCUT2D eigenvalue weighted by Crippen LogP contribution is 2.59. The number of phosphoric acid groups is 6. The summed E-state index contributed by atoms with van der Waals surface area (Å²) in [4.78, 5) is 174. The van der Waals surface area contributed by atoms with Crippen LogP contribution in [-0.2, 0) is 115 Å². The van der Waals surface area contributed by atoms with E-state index in [2.05, 4.69) is 84.7 Å². The van der Waals surface area contributed by atoms with Crippen LogP contribution in [0.2, 0.25) is 0 Å². The SMILES string of the molecule is Nc1ccn([C@@H]2O[C@H](COP(=O)(O)O[C@H]3[C@@H](O)[C@H](n4cnc5c(N)ncnc54)O[C@@H]3COP(=O)(O)O[C@H]3[C@@H](O)[C@H](n4ccc(N)nc4=O)O[C@@H]3COP(=O)(O)O[C@H]3[C@@H](O)[C@H](n4cnc5c(N)ncnc54)O[C@@H]3COP(=O)(O)O[C@H]3[C@@H](O)[C@H](n4cnc5c(N)ncnc54)O[C@@H]3COP(=O)(O)O[C@H]3[C@@H](O)[C@H](n4cnc5c(N)ncnc54)O[C@@H]3COP(=O)(O)O[C@H]3[C@@H](O)[C@H](n4cnc5c(=O)[nH]c(N)nc54)O[C@@H]3CO)[C@@H](O)[C@H]2O)c(=O)n1. The molecule has 30 N–H and O–H groups in total. The first-order valence-electron chi connectivity index (χ1n) is 42.8. The molecular weight excluding hydrogens is 2120 g/mol. The number of nitrogen functional groups attached to an aromatic ring is 7. The summed E-state index contributed by atoms with van der Waals surface area (Å²) >= 11 is 0. The molecular formula is C68H85N31O43P6. The van der Waals surface area contributed by atoms with Gasteiger partial charge in [-0.15, -0.1) is 0 Å². The number of nitrogens with one attached hydrogen (secondary N) is 1. The van der Waals surface area contributed by atoms with Gasteiger partial charge in [-0.3, -0.25) is 96.0 Å². The number of ether oxygens (including phenoxy) is 7. The molecule has 7 aliphatic rings. The maximum atomic E-state index is 14.8. The first kappa shape index (κ1) is 105. The molecule has 148 heavy (non-hydrogen) atoms. The van der Waals surface area contributed by atoms with Crippen LogP contribution in [-0.4, -0.2) is 366 Å². The van der Waals surface area contributed by atoms with Gasteiger partial charge in [0.2, 0.25) is 5.95 Å². The van der Waals surface area contributed by atoms with Crippen molar-refractivity contribution in [3.05, 3.63) is 113 Å². The van der Waals surface area contributed by atoms with Crippen molar-refractivity contribution < 1.29 is 190 Å². The van der Waals surface area contributed by atoms with Crippen molar-refractivity contribution in [2.24, 2.45) is 0 Å². The molecule has 7 fully saturated rings. The number of hydrogen-bond acceptors (Lipinski definition) is 60. The molecule has 0 bridgehead atoms. The first-order chi connectivity index (χ1) is 70.1. The van der Waals surface area contributed by atoms with Crippen LogP contribution < -0.4 is 57.1 Å². The van der Waals surface area contributed by atoms with E-state index in [0.29, 0.717) is 4.57 Å². The Kier molecular flexibility index (Phi) is 29.1. The van der Waals surface area contributed by atoms with Crippen LogP contribution in [0.4, 0.5) is 40.9 Å². The van der Waals surface area contributed by atoms with E-state index in [0.717, 1.165) is 109 Å². The Hall–Kier alpha value is -11.1. The van der Waals surface area contributed by atoms with Gasteiger partial charge in [0.25, 0.3) is 5.56 Å². The quantitative estimate of drug-likeness (QED) is 0.0160. The highest BCUT2D eigenvalue weighted by atomic mass is 31.2. The largest absolute Gasteiger partial charge is 0.472 e. The second-order valence-electron chi connectivity index (χ2n) is 33.3. The van der Waals surface area contributed by atoms with Crippen LogP contribution in [0.3, 0.4) is 0 Å². The third kappa shape index (κ3) is 20.9. The highest BCUT2D eigenvalue weighted by Gasteiger charge is 2.60. The molecule has 0 aliphatic carbocycles. The van der Waals surface area contributed by atoms with Crippen LogP contribution in [0, 0.1) is 0 Å². The van der Waals surface area contributed by atoms with Crippen LogP contribution in [0.5, 0.6) is 0 Å². The van der Waals surface area contributed by atoms with Gasteiger partial charge in [-0.1, -0.05) is 0 Å². The molecule has 7 aliphatic heterocycles. The lowest BCUT2D eigenvalue weighted by Gasteiger charge is -2.27. The fourth-order valence-corrected chi connectivity index (χ4v) is 22.9. The number of imidazole rings is 5. The molecule has 800 valence electrons. The molecule has 6 unspecified atom stereocenters. The molecule has 0 aromatic carbocycles. The summed E-state index contributed by atoms with van der Waals surface area (Å²) in [5, 5.41) is 104. The van der Waals surface area contributed by atoms with Gasteiger partial charge in [-0.05, 0) is 12.1 Å². The Balaban J connectivity index is 0.554. The summed E-state index contributed by atoms with van der Waals surface area (Å²) in [5.41, 5.74) is 36.6. The molecule has 19 heterocycles. The third-order valence-corrected chi connectivity index (χ3v) is 29.8. The predicted molar refractivity (Wildman–Crippen MR) is 474 cm³/mol. The Labute approximate surface area is 818 Å². The number of nitrogens with zero attached hydrogens (tertiary/aromatic N) is 23. The zero-order valence-corrected chi connectivity index (χ0v) is 79.6. The minimum absolute atomic E-state index is 0.0759. The van der Waals surface area contributed by atoms with Gasteiger partial charge in [0.05, 0.1) is 77.9 Å². The molecule has 12 aromatic heterocycles. The summed E-state index contributed by atoms with van der Waals surface area (Å²) < 4.78 is 200. The molecule has 34 atom stereocenters. The van der Waals surface area contributed by atoms with E-state index in [1.165, 1.54) is 0 Å². The summed E-state index contributed by atoms with van der Waals surface area (Å²) in [6.45, 7) is -9.05. The topological polar surface area (TPSA) is 1070 Å². The number of aromatic nitrogens is 24. The molecule has 80 heteroatoms. The van der Waals surface area contributed by atoms with Gasteiger partial charge in [-0.2, -0.15) is 15.0 Å². The average Bonchev–Trinajstić information content (AvgIpc) is 1.61. The summed E-state index contributed by atoms with van der Waals surface area (Å²) in [5.74, 6) is -1.86. The predicted octanol–water partition coefficient (Wildman–Crippen LogP) is -8.76. The maximum absolute atomic E-state index is 14.8. The van der Waals surface area contributed by atoms with Crippen molar-refractivity contribution in [2.45, 2.75) is 172 Å². The molecule has 0 amide bonds. The van der Waals surface area contributed by atoms with Gasteiger partial charge >= 0.3 is 58.3 Å². The van der Waals surface area contributed by atoms with Gasteiger partial charge < -0.3 is 149 Å². The molecule has 0 radical (unpaired) electrons. The fraction of sp³-hybridized carbons (Fsp3) is 0.515. The van der Waals surface area contributed by atoms with Crippen molar-refractivity contribution in [2.75, 3.05) is 86.4 Å². The number of aromatic amines is 1. The monoisotopic (exact) mass is 2210 g/mol. The maximum Gasteiger partial charge on any atom is 0.472 e. The van der Waals surface area contributed by atoms with Crippen LogP contribution in [0.15, 0.2) is 95.9 Å². The first-order valence-corrected chi connectivity index (χ1v) is 51.8. The van der Waals surface area contributed by atoms with Crippen LogP contribution in [0.1, 0.15) is 43.6 Å². The molecule has 0 saturated carbocycles. The molecule has 19 rings (SSSR count). The van der Waals surface area contributed by atoms with Gasteiger partial charge in [0, 0.05) is 12.4 Å². The van der Waals surface area contributed by atoms with E-state index < -0.39 is 282 Å². The van der Waals surface area contributed by atoms with Gasteiger partial charge in [-0.25, -0.2) is 102 Å². The summed E-state index contributed by atoms with van der Waals surface area (Å²) in [7, 11) is -35.3. The van der Waals surface area contributed by atoms with Gasteiger partial charge in [0.1, 0.15) is 187 Å². The number of aliphatic hydroxyl groups is 9. The number of nitrogens with two attached hydrogens (primary N) is 7. The van der Waals surface area contributed by atoms with E-state index in [4.69, 9.17) is 128 Å². The number of anilines is 7. The minimum Gasteiger partial charge on any atom is -0.394 e. The number of rotatable bonds is 38. The average molecular weight is 2210 g/mol. The van der Waals surface area contributed by atoms with Crippen molar-refractivity contribution >= 4 is 144 Å². The number of phosphoric ester groups is 6. The molecule has 12 aromatic rings. The van der Waals surface area contributed by atoms with Crippen LogP contribution in [0.25, 0.3) is 55.8 Å². The Morgan fingerprint density at radius 2 is 0.534 bits per heavy atom. The molecule has 7 saturated heterocycles. The number of fused-ring (bicyclic) bond motifs is 5. The number of H-pyrrole nitrogens is 1. The second kappa shape index (κ2) is 40.9. The van der Waals surface area contributed by atoms with E-state index in [-0.39, 0.29) is 96.7 Å². The third-order valence-electron chi connectivity index (χ3n) is 23.9. The number of hydrogen-bond donors (Lipinski definition) is 23. The molecule has 0 spiro atoms. The smallest absolute Gasteiger partial charge is 0.394 e. The standard InChI is InChI=1S/C68H85N31O43P6/c69-28-1-3-93(67(110)89-28)59-36(102)35(101)22(131-59)6-124-143(112,113)139-45-25(134-61(39(45)105)95-16-84-30-49(71)76-12-80-53(30)95)9-127-145(116,117)138-44-23(132-60(38(44)104)94-4-2-29(70)90-68(94)111)7-126-146(118,119)140-47-26(135-63(41(47)107)97-18-86-32-51(73)78-14-82-55(32)97)10-129-148(122,123)142-48-27(136-64(42(48)108)98-19-87-33-52(74)79-15-83-56(33)98)11-128-147(120,121)141-46-24(133-62(40(46)106)96-17-85-31-50(72)77-13-81-54(31)96)8-125-144(114,115)137-43-21(5-100)130-65(37(43)103)99-20-88-34-57(99)91-66(75)92-58(34)109/h1-4,12-27,35-48,59-65,100-108H,5-11H2,(H,112,113)(H,114,115)(H,116,117)(H,118,119)(H,120,121)(H,122,123)(H2,69,89,110)(H2,70,90,111)(H2,71,76,80)(H2,72,77,81)(H2,73,78,82)(H2,74,79,83)(H3,75,91,92,109)/t21-,22-,23-,24-,25-,26-,27-,35-,36-,37-,38-,39-,40-,41-,42-,43-,44-,45-,46-,47-,48-,59-,60-,61-,62-,63-,64-,65-/m1/s1. The lowest BCUT2D eigenvalue weighted by atomic mass is 10.1. The highest BCUT2D eigenvalue weighted by molar-refractivity contribution is 7.48. The molecule has 74 nitrogen and oxygen atoms in total. The van der Waals surface area contributed by atoms with Crippen LogP contribution >= 0.6 is 46.9 Å². The van der Waals surface area contributed by atoms with Gasteiger partial charge in [0.15, 0.2) is 101 Å². The number of aliphatic hydroxyl groups excluding tert-OH is 9. The zero-order valence-electron chi connectivity index (χ0n) is 74.3. The Morgan fingerprint density at radius 3 is 0.811 bits per heavy atom. The van der Waals surface area contributed by atoms with Crippen molar-refractivity contribution in [3.63, 3.8) is 0 Å². The Morgan fingerprint density at radius 1 is 0.297 bits per heavy atom. The van der Waals surface area contributed by atoms with E-state index >= 15 is 0 Å². The minimum atomic E-state index is -6.05.